The van der Waals surface area contributed by atoms with Gasteiger partial charge in [0.05, 0.1) is 0 Å². The first-order valence-electron chi connectivity index (χ1n) is 10.9. The molecule has 7 nitrogen and oxygen atoms in total. The number of benzene rings is 1. The molecule has 158 valence electrons. The highest BCUT2D eigenvalue weighted by atomic mass is 16.6. The quantitative estimate of drug-likeness (QED) is 0.732. The van der Waals surface area contributed by atoms with Crippen LogP contribution in [0.4, 0.5) is 0 Å². The summed E-state index contributed by atoms with van der Waals surface area (Å²) in [5.74, 6) is 2.19. The highest BCUT2D eigenvalue weighted by Gasteiger charge is 2.54. The van der Waals surface area contributed by atoms with E-state index in [2.05, 4.69) is 15.5 Å². The lowest BCUT2D eigenvalue weighted by atomic mass is 9.49. The van der Waals surface area contributed by atoms with E-state index in [-0.39, 0.29) is 23.8 Å². The van der Waals surface area contributed by atoms with Crippen LogP contribution in [0.1, 0.15) is 57.4 Å². The first-order valence-corrected chi connectivity index (χ1v) is 10.9. The van der Waals surface area contributed by atoms with Gasteiger partial charge in [-0.15, -0.1) is 10.2 Å². The summed E-state index contributed by atoms with van der Waals surface area (Å²) in [5.41, 5.74) is 0.537. The van der Waals surface area contributed by atoms with E-state index in [0.717, 1.165) is 24.8 Å². The maximum atomic E-state index is 13.0. The Kier molecular flexibility index (Phi) is 4.83. The zero-order chi connectivity index (χ0) is 20.7. The SMILES string of the molecule is C[C@@H](OC(=O)CNC(=O)C12CC3CC(CC(C3)C1)C2)c1nnc(-c2ccccc2)o1. The predicted octanol–water partition coefficient (Wildman–Crippen LogP) is 3.67. The van der Waals surface area contributed by atoms with Crippen LogP contribution in [0.25, 0.3) is 11.5 Å². The van der Waals surface area contributed by atoms with Gasteiger partial charge >= 0.3 is 5.97 Å². The molecule has 1 atom stereocenters. The first kappa shape index (κ1) is 19.3. The lowest BCUT2D eigenvalue weighted by Gasteiger charge is -2.55. The smallest absolute Gasteiger partial charge is 0.326 e. The minimum absolute atomic E-state index is 0.0235. The molecule has 1 aromatic heterocycles. The lowest BCUT2D eigenvalue weighted by Crippen LogP contribution is -2.54. The second-order valence-electron chi connectivity index (χ2n) is 9.32. The number of carbonyl (C=O) groups excluding carboxylic acids is 2. The molecule has 4 aliphatic carbocycles. The van der Waals surface area contributed by atoms with Crippen molar-refractivity contribution in [2.45, 2.75) is 51.6 Å². The largest absolute Gasteiger partial charge is 0.451 e. The van der Waals surface area contributed by atoms with Crippen molar-refractivity contribution in [1.82, 2.24) is 15.5 Å². The number of amides is 1. The van der Waals surface area contributed by atoms with E-state index in [1.165, 1.54) is 19.3 Å². The number of carbonyl (C=O) groups is 2. The predicted molar refractivity (Wildman–Crippen MR) is 108 cm³/mol. The molecule has 4 aliphatic rings. The normalized spacial score (nSPS) is 30.1. The Morgan fingerprint density at radius 1 is 1.10 bits per heavy atom. The number of rotatable bonds is 6. The highest BCUT2D eigenvalue weighted by molar-refractivity contribution is 5.86. The Hall–Kier alpha value is -2.70. The van der Waals surface area contributed by atoms with Crippen LogP contribution in [-0.4, -0.2) is 28.6 Å². The summed E-state index contributed by atoms with van der Waals surface area (Å²) < 4.78 is 11.0. The van der Waals surface area contributed by atoms with Gasteiger partial charge in [-0.05, 0) is 75.3 Å². The number of hydrogen-bond donors (Lipinski definition) is 1. The minimum atomic E-state index is -0.682. The van der Waals surface area contributed by atoms with Crippen molar-refractivity contribution < 1.29 is 18.7 Å². The summed E-state index contributed by atoms with van der Waals surface area (Å²) >= 11 is 0. The fourth-order valence-electron chi connectivity index (χ4n) is 6.11. The van der Waals surface area contributed by atoms with Crippen LogP contribution in [0.5, 0.6) is 0 Å². The molecule has 1 heterocycles. The fraction of sp³-hybridized carbons (Fsp3) is 0.565. The molecule has 0 radical (unpaired) electrons. The molecule has 0 unspecified atom stereocenters. The van der Waals surface area contributed by atoms with Gasteiger partial charge in [0.2, 0.25) is 11.8 Å². The summed E-state index contributed by atoms with van der Waals surface area (Å²) in [7, 11) is 0. The Labute approximate surface area is 175 Å². The molecule has 1 N–H and O–H groups in total. The zero-order valence-electron chi connectivity index (χ0n) is 17.2. The van der Waals surface area contributed by atoms with Crippen molar-refractivity contribution in [3.8, 4) is 11.5 Å². The van der Waals surface area contributed by atoms with E-state index in [1.807, 2.05) is 30.3 Å². The average Bonchev–Trinajstić information content (AvgIpc) is 3.22. The molecule has 1 amide bonds. The van der Waals surface area contributed by atoms with Crippen molar-refractivity contribution in [2.24, 2.45) is 23.2 Å². The van der Waals surface area contributed by atoms with Gasteiger partial charge in [-0.2, -0.15) is 0 Å². The second-order valence-corrected chi connectivity index (χ2v) is 9.32. The number of ether oxygens (including phenoxy) is 1. The molecule has 6 rings (SSSR count). The molecule has 4 bridgehead atoms. The van der Waals surface area contributed by atoms with Crippen LogP contribution in [0.2, 0.25) is 0 Å². The molecule has 0 aliphatic heterocycles. The number of esters is 1. The molecule has 30 heavy (non-hydrogen) atoms. The number of nitrogens with one attached hydrogen (secondary N) is 1. The first-order chi connectivity index (χ1) is 14.5. The van der Waals surface area contributed by atoms with Gasteiger partial charge in [-0.1, -0.05) is 18.2 Å². The summed E-state index contributed by atoms with van der Waals surface area (Å²) in [6.45, 7) is 1.55. The third-order valence-electron chi connectivity index (χ3n) is 7.03. The summed E-state index contributed by atoms with van der Waals surface area (Å²) in [6.07, 6.45) is 6.07. The number of hydrogen-bond acceptors (Lipinski definition) is 6. The molecular weight excluding hydrogens is 382 g/mol. The molecule has 0 spiro atoms. The summed E-state index contributed by atoms with van der Waals surface area (Å²) in [6, 6.07) is 9.41. The zero-order valence-corrected chi connectivity index (χ0v) is 17.2. The molecule has 7 heteroatoms. The molecule has 2 aromatic rings. The standard InChI is InChI=1S/C23H27N3O4/c1-14(20-25-26-21(30-20)18-5-3-2-4-6-18)29-19(27)13-24-22(28)23-10-15-7-16(11-23)9-17(8-15)12-23/h2-6,14-17H,7-13H2,1H3,(H,24,28)/t14-,15?,16?,17?,23?/m1/s1. The van der Waals surface area contributed by atoms with Crippen LogP contribution < -0.4 is 5.32 Å². The van der Waals surface area contributed by atoms with Gasteiger partial charge in [0.15, 0.2) is 6.10 Å². The Morgan fingerprint density at radius 2 is 1.73 bits per heavy atom. The molecule has 1 aromatic carbocycles. The topological polar surface area (TPSA) is 94.3 Å². The monoisotopic (exact) mass is 409 g/mol. The van der Waals surface area contributed by atoms with Gasteiger partial charge < -0.3 is 14.5 Å². The Bertz CT molecular complexity index is 904. The summed E-state index contributed by atoms with van der Waals surface area (Å²) in [5, 5.41) is 10.9. The van der Waals surface area contributed by atoms with E-state index < -0.39 is 12.1 Å². The van der Waals surface area contributed by atoms with E-state index in [1.54, 1.807) is 6.92 Å². The molecule has 4 fully saturated rings. The Morgan fingerprint density at radius 3 is 2.37 bits per heavy atom. The summed E-state index contributed by atoms with van der Waals surface area (Å²) in [4.78, 5) is 25.3. The van der Waals surface area contributed by atoms with Crippen LogP contribution in [0.15, 0.2) is 34.7 Å². The minimum Gasteiger partial charge on any atom is -0.451 e. The van der Waals surface area contributed by atoms with E-state index in [4.69, 9.17) is 9.15 Å². The fourth-order valence-corrected chi connectivity index (χ4v) is 6.11. The van der Waals surface area contributed by atoms with Crippen LogP contribution in [-0.2, 0) is 14.3 Å². The van der Waals surface area contributed by atoms with Crippen LogP contribution in [0, 0.1) is 23.2 Å². The Balaban J connectivity index is 1.15. The van der Waals surface area contributed by atoms with E-state index in [0.29, 0.717) is 23.6 Å². The van der Waals surface area contributed by atoms with Gasteiger partial charge in [0.1, 0.15) is 6.54 Å². The third kappa shape index (κ3) is 3.61. The van der Waals surface area contributed by atoms with Crippen LogP contribution >= 0.6 is 0 Å². The third-order valence-corrected chi connectivity index (χ3v) is 7.03. The van der Waals surface area contributed by atoms with Gasteiger partial charge in [-0.25, -0.2) is 0 Å². The maximum Gasteiger partial charge on any atom is 0.326 e. The van der Waals surface area contributed by atoms with Crippen molar-refractivity contribution in [2.75, 3.05) is 6.54 Å². The van der Waals surface area contributed by atoms with E-state index in [9.17, 15) is 9.59 Å². The van der Waals surface area contributed by atoms with Crippen molar-refractivity contribution in [1.29, 1.82) is 0 Å². The van der Waals surface area contributed by atoms with Crippen molar-refractivity contribution >= 4 is 11.9 Å². The van der Waals surface area contributed by atoms with Gasteiger partial charge in [0, 0.05) is 11.0 Å². The number of aromatic nitrogens is 2. The molecular formula is C23H27N3O4. The van der Waals surface area contributed by atoms with E-state index >= 15 is 0 Å². The second kappa shape index (κ2) is 7.52. The average molecular weight is 409 g/mol. The van der Waals surface area contributed by atoms with Crippen molar-refractivity contribution in [3.63, 3.8) is 0 Å². The molecule has 4 saturated carbocycles. The lowest BCUT2D eigenvalue weighted by molar-refractivity contribution is -0.153. The van der Waals surface area contributed by atoms with Gasteiger partial charge in [-0.3, -0.25) is 9.59 Å². The maximum absolute atomic E-state index is 13.0. The van der Waals surface area contributed by atoms with Crippen molar-refractivity contribution in [3.05, 3.63) is 36.2 Å². The molecule has 0 saturated heterocycles. The van der Waals surface area contributed by atoms with Crippen LogP contribution in [0.3, 0.4) is 0 Å². The highest BCUT2D eigenvalue weighted by Crippen LogP contribution is 2.60. The number of nitrogens with zero attached hydrogens (tertiary/aromatic N) is 2. The van der Waals surface area contributed by atoms with Gasteiger partial charge in [0.25, 0.3) is 5.89 Å².